The number of hydrogen-bond donors (Lipinski definition) is 1. The summed E-state index contributed by atoms with van der Waals surface area (Å²) >= 11 is 0. The minimum atomic E-state index is 0.495. The van der Waals surface area contributed by atoms with E-state index in [1.807, 2.05) is 0 Å². The van der Waals surface area contributed by atoms with Crippen molar-refractivity contribution in [1.29, 1.82) is 0 Å². The van der Waals surface area contributed by atoms with Crippen molar-refractivity contribution in [2.24, 2.45) is 16.7 Å². The topological polar surface area (TPSA) is 12.0 Å². The first kappa shape index (κ1) is 13.4. The Bertz CT molecular complexity index is 232. The zero-order valence-electron chi connectivity index (χ0n) is 12.3. The van der Waals surface area contributed by atoms with E-state index in [9.17, 15) is 0 Å². The molecule has 2 aliphatic rings. The summed E-state index contributed by atoms with van der Waals surface area (Å²) < 4.78 is 0. The molecule has 17 heavy (non-hydrogen) atoms. The molecule has 0 atom stereocenters. The van der Waals surface area contributed by atoms with Crippen molar-refractivity contribution in [3.63, 3.8) is 0 Å². The Morgan fingerprint density at radius 1 is 0.824 bits per heavy atom. The highest BCUT2D eigenvalue weighted by atomic mass is 15.0. The van der Waals surface area contributed by atoms with Crippen LogP contribution in [0.15, 0.2) is 0 Å². The highest BCUT2D eigenvalue weighted by Gasteiger charge is 2.64. The molecule has 2 saturated carbocycles. The first-order chi connectivity index (χ1) is 7.96. The Balaban J connectivity index is 1.74. The summed E-state index contributed by atoms with van der Waals surface area (Å²) in [5.74, 6) is 0.947. The lowest BCUT2D eigenvalue weighted by Gasteiger charge is -2.20. The van der Waals surface area contributed by atoms with E-state index < -0.39 is 0 Å². The van der Waals surface area contributed by atoms with Crippen LogP contribution < -0.4 is 5.32 Å². The number of hydrogen-bond acceptors (Lipinski definition) is 1. The van der Waals surface area contributed by atoms with Crippen LogP contribution in [-0.2, 0) is 0 Å². The van der Waals surface area contributed by atoms with Crippen LogP contribution in [0.5, 0.6) is 0 Å². The van der Waals surface area contributed by atoms with Crippen molar-refractivity contribution < 1.29 is 0 Å². The molecule has 0 unspecified atom stereocenters. The van der Waals surface area contributed by atoms with Gasteiger partial charge in [-0.3, -0.25) is 0 Å². The number of nitrogens with one attached hydrogen (secondary N) is 1. The fraction of sp³-hybridized carbons (Fsp3) is 1.00. The first-order valence-electron chi connectivity index (χ1n) is 7.69. The summed E-state index contributed by atoms with van der Waals surface area (Å²) in [6.45, 7) is 10.9. The van der Waals surface area contributed by atoms with Crippen LogP contribution in [0, 0.1) is 16.7 Å². The first-order valence-corrected chi connectivity index (χ1v) is 7.69. The molecule has 0 bridgehead atoms. The van der Waals surface area contributed by atoms with Gasteiger partial charge < -0.3 is 5.32 Å². The van der Waals surface area contributed by atoms with Gasteiger partial charge in [0.1, 0.15) is 0 Å². The molecule has 2 fully saturated rings. The molecule has 1 nitrogen and oxygen atoms in total. The molecular weight excluding hydrogens is 206 g/mol. The van der Waals surface area contributed by atoms with Crippen LogP contribution in [0.3, 0.4) is 0 Å². The monoisotopic (exact) mass is 237 g/mol. The summed E-state index contributed by atoms with van der Waals surface area (Å²) in [6.07, 6.45) is 10.3. The van der Waals surface area contributed by atoms with Gasteiger partial charge in [0.25, 0.3) is 0 Å². The van der Waals surface area contributed by atoms with Gasteiger partial charge in [0.15, 0.2) is 0 Å². The molecule has 0 spiro atoms. The Morgan fingerprint density at radius 2 is 1.29 bits per heavy atom. The van der Waals surface area contributed by atoms with Crippen LogP contribution in [-0.4, -0.2) is 12.6 Å². The summed E-state index contributed by atoms with van der Waals surface area (Å²) in [5, 5.41) is 3.86. The molecule has 1 N–H and O–H groups in total. The Labute approximate surface area is 108 Å². The molecule has 2 rings (SSSR count). The van der Waals surface area contributed by atoms with Crippen molar-refractivity contribution in [3.05, 3.63) is 0 Å². The van der Waals surface area contributed by atoms with Crippen molar-refractivity contribution in [2.45, 2.75) is 78.7 Å². The maximum Gasteiger partial charge on any atom is 0.0181 e. The van der Waals surface area contributed by atoms with Crippen LogP contribution in [0.25, 0.3) is 0 Å². The zero-order valence-corrected chi connectivity index (χ0v) is 12.3. The molecule has 0 aromatic heterocycles. The molecule has 0 aromatic carbocycles. The number of rotatable bonds is 3. The van der Waals surface area contributed by atoms with E-state index in [1.54, 1.807) is 0 Å². The SMILES string of the molecule is CC1(C)C(NCC2CCCCCCC2)C1(C)C. The Hall–Kier alpha value is -0.0400. The van der Waals surface area contributed by atoms with E-state index in [0.29, 0.717) is 10.8 Å². The molecule has 0 aromatic rings. The second kappa shape index (κ2) is 4.91. The molecule has 0 heterocycles. The van der Waals surface area contributed by atoms with Gasteiger partial charge in [-0.1, -0.05) is 59.8 Å². The highest BCUT2D eigenvalue weighted by molar-refractivity contribution is 5.17. The van der Waals surface area contributed by atoms with E-state index in [-0.39, 0.29) is 0 Å². The van der Waals surface area contributed by atoms with E-state index >= 15 is 0 Å². The predicted octanol–water partition coefficient (Wildman–Crippen LogP) is 4.37. The maximum atomic E-state index is 3.86. The Kier molecular flexibility index (Phi) is 3.87. The van der Waals surface area contributed by atoms with Gasteiger partial charge in [-0.15, -0.1) is 0 Å². The minimum Gasteiger partial charge on any atom is -0.313 e. The third-order valence-corrected chi connectivity index (χ3v) is 5.86. The predicted molar refractivity (Wildman–Crippen MR) is 75.2 cm³/mol. The highest BCUT2D eigenvalue weighted by Crippen LogP contribution is 2.62. The average Bonchev–Trinajstić information content (AvgIpc) is 2.57. The molecule has 2 aliphatic carbocycles. The molecular formula is C16H31N. The lowest BCUT2D eigenvalue weighted by Crippen LogP contribution is -2.29. The Morgan fingerprint density at radius 3 is 1.76 bits per heavy atom. The molecule has 100 valence electrons. The zero-order chi connectivity index (χ0) is 12.5. The average molecular weight is 237 g/mol. The van der Waals surface area contributed by atoms with Crippen molar-refractivity contribution in [2.75, 3.05) is 6.54 Å². The van der Waals surface area contributed by atoms with Gasteiger partial charge in [-0.2, -0.15) is 0 Å². The standard InChI is InChI=1S/C16H31N/c1-15(2)14(16(15,3)4)17-12-13-10-8-6-5-7-9-11-13/h13-14,17H,5-12H2,1-4H3. The van der Waals surface area contributed by atoms with Gasteiger partial charge in [0, 0.05) is 6.04 Å². The van der Waals surface area contributed by atoms with E-state index in [1.165, 1.54) is 51.5 Å². The third-order valence-electron chi connectivity index (χ3n) is 5.86. The smallest absolute Gasteiger partial charge is 0.0181 e. The second-order valence-electron chi connectivity index (χ2n) is 7.50. The molecule has 0 aliphatic heterocycles. The van der Waals surface area contributed by atoms with Crippen LogP contribution in [0.1, 0.15) is 72.6 Å². The normalized spacial score (nSPS) is 29.6. The molecule has 1 heteroatoms. The van der Waals surface area contributed by atoms with Crippen molar-refractivity contribution >= 4 is 0 Å². The van der Waals surface area contributed by atoms with Crippen LogP contribution in [0.4, 0.5) is 0 Å². The fourth-order valence-electron chi connectivity index (χ4n) is 3.74. The quantitative estimate of drug-likeness (QED) is 0.768. The fourth-order valence-corrected chi connectivity index (χ4v) is 3.74. The van der Waals surface area contributed by atoms with E-state index in [0.717, 1.165) is 12.0 Å². The summed E-state index contributed by atoms with van der Waals surface area (Å²) in [6, 6.07) is 0.737. The van der Waals surface area contributed by atoms with Crippen molar-refractivity contribution in [3.8, 4) is 0 Å². The second-order valence-corrected chi connectivity index (χ2v) is 7.50. The van der Waals surface area contributed by atoms with Crippen molar-refractivity contribution in [1.82, 2.24) is 5.32 Å². The van der Waals surface area contributed by atoms with E-state index in [2.05, 4.69) is 33.0 Å². The van der Waals surface area contributed by atoms with Gasteiger partial charge in [-0.25, -0.2) is 0 Å². The summed E-state index contributed by atoms with van der Waals surface area (Å²) in [4.78, 5) is 0. The molecule has 0 radical (unpaired) electrons. The van der Waals surface area contributed by atoms with Gasteiger partial charge >= 0.3 is 0 Å². The van der Waals surface area contributed by atoms with Gasteiger partial charge in [0.2, 0.25) is 0 Å². The lowest BCUT2D eigenvalue weighted by molar-refractivity contribution is 0.352. The molecule has 0 amide bonds. The lowest BCUT2D eigenvalue weighted by atomic mass is 9.91. The maximum absolute atomic E-state index is 3.86. The van der Waals surface area contributed by atoms with Gasteiger partial charge in [0.05, 0.1) is 0 Å². The molecule has 0 saturated heterocycles. The summed E-state index contributed by atoms with van der Waals surface area (Å²) in [7, 11) is 0. The van der Waals surface area contributed by atoms with E-state index in [4.69, 9.17) is 0 Å². The summed E-state index contributed by atoms with van der Waals surface area (Å²) in [5.41, 5.74) is 0.989. The largest absolute Gasteiger partial charge is 0.313 e. The third kappa shape index (κ3) is 2.70. The van der Waals surface area contributed by atoms with Crippen LogP contribution >= 0.6 is 0 Å². The minimum absolute atomic E-state index is 0.495. The van der Waals surface area contributed by atoms with Gasteiger partial charge in [-0.05, 0) is 36.1 Å². The van der Waals surface area contributed by atoms with Crippen LogP contribution in [0.2, 0.25) is 0 Å².